The SMILES string of the molecule is CC(C)(C)OC(=O)N1C[C@H](O)[C@@H](N2CCCN(c3ccc(Cl)cc3)CC2)C1. The van der Waals surface area contributed by atoms with Crippen LogP contribution in [0.4, 0.5) is 10.5 Å². The summed E-state index contributed by atoms with van der Waals surface area (Å²) in [6, 6.07) is 7.89. The van der Waals surface area contributed by atoms with Gasteiger partial charge in [0.25, 0.3) is 0 Å². The van der Waals surface area contributed by atoms with Gasteiger partial charge >= 0.3 is 6.09 Å². The third-order valence-corrected chi connectivity index (χ3v) is 5.35. The Kier molecular flexibility index (Phi) is 6.18. The van der Waals surface area contributed by atoms with E-state index in [0.717, 1.165) is 37.6 Å². The maximum atomic E-state index is 12.3. The number of β-amino-alcohol motifs (C(OH)–C–C–N with tert-alkyl or cyclic N) is 1. The molecule has 0 radical (unpaired) electrons. The molecule has 1 aromatic rings. The summed E-state index contributed by atoms with van der Waals surface area (Å²) in [4.78, 5) is 18.6. The molecule has 7 heteroatoms. The molecule has 2 saturated heterocycles. The van der Waals surface area contributed by atoms with Crippen LogP contribution in [0.1, 0.15) is 27.2 Å². The van der Waals surface area contributed by atoms with Crippen molar-refractivity contribution in [3.63, 3.8) is 0 Å². The molecular formula is C20H30ClN3O3. The zero-order valence-corrected chi connectivity index (χ0v) is 17.2. The van der Waals surface area contributed by atoms with E-state index in [1.807, 2.05) is 45.0 Å². The lowest BCUT2D eigenvalue weighted by Crippen LogP contribution is -2.45. The first-order valence-corrected chi connectivity index (χ1v) is 10.0. The first-order valence-electron chi connectivity index (χ1n) is 9.63. The van der Waals surface area contributed by atoms with Gasteiger partial charge in [0, 0.05) is 43.4 Å². The normalized spacial score (nSPS) is 24.8. The lowest BCUT2D eigenvalue weighted by Gasteiger charge is -2.29. The summed E-state index contributed by atoms with van der Waals surface area (Å²) < 4.78 is 5.45. The molecule has 6 nitrogen and oxygen atoms in total. The van der Waals surface area contributed by atoms with Crippen molar-refractivity contribution in [1.29, 1.82) is 0 Å². The molecular weight excluding hydrogens is 366 g/mol. The van der Waals surface area contributed by atoms with E-state index in [0.29, 0.717) is 13.1 Å². The number of aliphatic hydroxyl groups excluding tert-OH is 1. The second-order valence-electron chi connectivity index (χ2n) is 8.37. The van der Waals surface area contributed by atoms with Crippen LogP contribution in [-0.4, -0.2) is 78.0 Å². The third-order valence-electron chi connectivity index (χ3n) is 5.10. The molecule has 150 valence electrons. The number of benzene rings is 1. The van der Waals surface area contributed by atoms with E-state index < -0.39 is 11.7 Å². The van der Waals surface area contributed by atoms with Gasteiger partial charge in [-0.15, -0.1) is 0 Å². The average Bonchev–Trinajstić information content (AvgIpc) is 2.82. The van der Waals surface area contributed by atoms with Gasteiger partial charge in [0.15, 0.2) is 0 Å². The average molecular weight is 396 g/mol. The Morgan fingerprint density at radius 1 is 1.11 bits per heavy atom. The molecule has 1 N–H and O–H groups in total. The maximum absolute atomic E-state index is 12.3. The van der Waals surface area contributed by atoms with E-state index in [2.05, 4.69) is 9.80 Å². The van der Waals surface area contributed by atoms with Gasteiger partial charge in [-0.05, 0) is 51.5 Å². The molecule has 0 saturated carbocycles. The summed E-state index contributed by atoms with van der Waals surface area (Å²) in [6.07, 6.45) is 0.124. The van der Waals surface area contributed by atoms with Crippen molar-refractivity contribution >= 4 is 23.4 Å². The third kappa shape index (κ3) is 5.27. The molecule has 3 rings (SSSR count). The summed E-state index contributed by atoms with van der Waals surface area (Å²) in [5, 5.41) is 11.3. The number of carbonyl (C=O) groups excluding carboxylic acids is 1. The number of hydrogen-bond donors (Lipinski definition) is 1. The summed E-state index contributed by atoms with van der Waals surface area (Å²) in [7, 11) is 0. The summed E-state index contributed by atoms with van der Waals surface area (Å²) >= 11 is 5.99. The van der Waals surface area contributed by atoms with Crippen LogP contribution in [-0.2, 0) is 4.74 Å². The molecule has 27 heavy (non-hydrogen) atoms. The quantitative estimate of drug-likeness (QED) is 0.834. The van der Waals surface area contributed by atoms with Crippen LogP contribution in [0.3, 0.4) is 0 Å². The first-order chi connectivity index (χ1) is 12.7. The highest BCUT2D eigenvalue weighted by atomic mass is 35.5. The van der Waals surface area contributed by atoms with Gasteiger partial charge in [-0.3, -0.25) is 4.90 Å². The Bertz CT molecular complexity index is 647. The molecule has 2 aliphatic rings. The van der Waals surface area contributed by atoms with Crippen molar-refractivity contribution in [3.8, 4) is 0 Å². The zero-order chi connectivity index (χ0) is 19.6. The predicted molar refractivity (Wildman–Crippen MR) is 107 cm³/mol. The van der Waals surface area contributed by atoms with Crippen molar-refractivity contribution in [2.75, 3.05) is 44.2 Å². The van der Waals surface area contributed by atoms with Crippen molar-refractivity contribution < 1.29 is 14.6 Å². The zero-order valence-electron chi connectivity index (χ0n) is 16.4. The number of nitrogens with zero attached hydrogens (tertiary/aromatic N) is 3. The molecule has 2 atom stereocenters. The van der Waals surface area contributed by atoms with Crippen molar-refractivity contribution in [2.24, 2.45) is 0 Å². The van der Waals surface area contributed by atoms with Gasteiger partial charge in [0.2, 0.25) is 0 Å². The molecule has 0 bridgehead atoms. The monoisotopic (exact) mass is 395 g/mol. The van der Waals surface area contributed by atoms with Gasteiger partial charge in [0.1, 0.15) is 5.60 Å². The molecule has 2 heterocycles. The minimum atomic E-state index is -0.542. The van der Waals surface area contributed by atoms with Gasteiger partial charge < -0.3 is 19.6 Å². The van der Waals surface area contributed by atoms with Crippen LogP contribution in [0, 0.1) is 0 Å². The van der Waals surface area contributed by atoms with Crippen LogP contribution in [0.15, 0.2) is 24.3 Å². The molecule has 2 aliphatic heterocycles. The molecule has 0 spiro atoms. The largest absolute Gasteiger partial charge is 0.444 e. The smallest absolute Gasteiger partial charge is 0.410 e. The van der Waals surface area contributed by atoms with E-state index in [-0.39, 0.29) is 12.1 Å². The van der Waals surface area contributed by atoms with Gasteiger partial charge in [-0.25, -0.2) is 4.79 Å². The maximum Gasteiger partial charge on any atom is 0.410 e. The highest BCUT2D eigenvalue weighted by Crippen LogP contribution is 2.23. The predicted octanol–water partition coefficient (Wildman–Crippen LogP) is 2.83. The molecule has 0 aromatic heterocycles. The van der Waals surface area contributed by atoms with Crippen molar-refractivity contribution in [1.82, 2.24) is 9.80 Å². The van der Waals surface area contributed by atoms with E-state index >= 15 is 0 Å². The minimum absolute atomic E-state index is 0.0392. The van der Waals surface area contributed by atoms with Crippen LogP contribution < -0.4 is 4.90 Å². The second kappa shape index (κ2) is 8.25. The Labute approximate surface area is 166 Å². The standard InChI is InChI=1S/C20H30ClN3O3/c1-20(2,3)27-19(26)24-13-17(18(25)14-24)23-10-4-9-22(11-12-23)16-7-5-15(21)6-8-16/h5-8,17-18,25H,4,9-14H2,1-3H3/t17-,18-/m0/s1. The van der Waals surface area contributed by atoms with E-state index in [1.54, 1.807) is 4.90 Å². The van der Waals surface area contributed by atoms with E-state index in [4.69, 9.17) is 16.3 Å². The number of amides is 1. The topological polar surface area (TPSA) is 56.2 Å². The fourth-order valence-corrected chi connectivity index (χ4v) is 3.91. The highest BCUT2D eigenvalue weighted by Gasteiger charge is 2.39. The Hall–Kier alpha value is -1.50. The Morgan fingerprint density at radius 3 is 2.48 bits per heavy atom. The Balaban J connectivity index is 1.58. The van der Waals surface area contributed by atoms with Crippen LogP contribution in [0.2, 0.25) is 5.02 Å². The summed E-state index contributed by atoms with van der Waals surface area (Å²) in [5.41, 5.74) is 0.644. The number of carbonyl (C=O) groups is 1. The molecule has 0 unspecified atom stereocenters. The van der Waals surface area contributed by atoms with Crippen LogP contribution in [0.25, 0.3) is 0 Å². The minimum Gasteiger partial charge on any atom is -0.444 e. The summed E-state index contributed by atoms with van der Waals surface area (Å²) in [6.45, 7) is 10.0. The number of likely N-dealkylation sites (tertiary alicyclic amines) is 1. The van der Waals surface area contributed by atoms with Crippen molar-refractivity contribution in [3.05, 3.63) is 29.3 Å². The Morgan fingerprint density at radius 2 is 1.81 bits per heavy atom. The number of ether oxygens (including phenoxy) is 1. The van der Waals surface area contributed by atoms with Gasteiger partial charge in [0.05, 0.1) is 18.7 Å². The van der Waals surface area contributed by atoms with Crippen molar-refractivity contribution in [2.45, 2.75) is 44.9 Å². The van der Waals surface area contributed by atoms with Crippen LogP contribution in [0.5, 0.6) is 0 Å². The molecule has 2 fully saturated rings. The lowest BCUT2D eigenvalue weighted by molar-refractivity contribution is 0.0269. The number of anilines is 1. The number of hydrogen-bond acceptors (Lipinski definition) is 5. The fourth-order valence-electron chi connectivity index (χ4n) is 3.78. The lowest BCUT2D eigenvalue weighted by atomic mass is 10.2. The van der Waals surface area contributed by atoms with Gasteiger partial charge in [-0.1, -0.05) is 11.6 Å². The number of halogens is 1. The number of rotatable bonds is 2. The van der Waals surface area contributed by atoms with Crippen LogP contribution >= 0.6 is 11.6 Å². The highest BCUT2D eigenvalue weighted by molar-refractivity contribution is 6.30. The fraction of sp³-hybridized carbons (Fsp3) is 0.650. The number of aliphatic hydroxyl groups is 1. The summed E-state index contributed by atoms with van der Waals surface area (Å²) in [5.74, 6) is 0. The van der Waals surface area contributed by atoms with Gasteiger partial charge in [-0.2, -0.15) is 0 Å². The molecule has 1 amide bonds. The molecule has 1 aromatic carbocycles. The molecule has 0 aliphatic carbocycles. The van der Waals surface area contributed by atoms with E-state index in [9.17, 15) is 9.90 Å². The first kappa shape index (κ1) is 20.2. The second-order valence-corrected chi connectivity index (χ2v) is 8.81. The van der Waals surface area contributed by atoms with E-state index in [1.165, 1.54) is 5.69 Å².